The first-order valence-electron chi connectivity index (χ1n) is 11.0. The van der Waals surface area contributed by atoms with Gasteiger partial charge in [-0.2, -0.15) is 11.8 Å². The number of anilines is 1. The van der Waals surface area contributed by atoms with Gasteiger partial charge in [-0.15, -0.1) is 0 Å². The van der Waals surface area contributed by atoms with Gasteiger partial charge in [0.15, 0.2) is 0 Å². The normalized spacial score (nSPS) is 20.4. The van der Waals surface area contributed by atoms with Crippen LogP contribution in [0.25, 0.3) is 0 Å². The molecule has 6 heteroatoms. The topological polar surface area (TPSA) is 52.7 Å². The standard InChI is InChI=1S/C23H35N3O2S/c1-18(2)16-21-6-4-3-5-11-26(21)23(28)24-20-9-7-19(8-10-20)17-22(27)25-12-14-29-15-13-25/h7-10,18,21H,3-6,11-17H2,1-2H3,(H,24,28). The number of thioether (sulfide) groups is 1. The van der Waals surface area contributed by atoms with Gasteiger partial charge in [-0.05, 0) is 42.9 Å². The van der Waals surface area contributed by atoms with E-state index < -0.39 is 0 Å². The molecule has 1 aromatic carbocycles. The highest BCUT2D eigenvalue weighted by atomic mass is 32.2. The summed E-state index contributed by atoms with van der Waals surface area (Å²) in [4.78, 5) is 29.4. The summed E-state index contributed by atoms with van der Waals surface area (Å²) in [6, 6.07) is 8.09. The minimum atomic E-state index is 0.00666. The molecule has 0 aromatic heterocycles. The molecule has 1 N–H and O–H groups in total. The zero-order valence-corrected chi connectivity index (χ0v) is 18.7. The molecule has 2 aliphatic heterocycles. The summed E-state index contributed by atoms with van der Waals surface area (Å²) in [5, 5.41) is 3.08. The molecule has 1 aromatic rings. The summed E-state index contributed by atoms with van der Waals surface area (Å²) in [7, 11) is 0. The van der Waals surface area contributed by atoms with E-state index in [-0.39, 0.29) is 11.9 Å². The van der Waals surface area contributed by atoms with Crippen LogP contribution in [0.3, 0.4) is 0 Å². The van der Waals surface area contributed by atoms with Crippen molar-refractivity contribution in [3.63, 3.8) is 0 Å². The van der Waals surface area contributed by atoms with Crippen LogP contribution < -0.4 is 5.32 Å². The Bertz CT molecular complexity index is 671. The quantitative estimate of drug-likeness (QED) is 0.760. The number of hydrogen-bond acceptors (Lipinski definition) is 3. The molecule has 0 spiro atoms. The molecule has 0 aliphatic carbocycles. The molecule has 2 fully saturated rings. The number of benzene rings is 1. The van der Waals surface area contributed by atoms with E-state index in [1.165, 1.54) is 12.8 Å². The third-order valence-corrected chi connectivity index (χ3v) is 6.75. The van der Waals surface area contributed by atoms with Crippen molar-refractivity contribution in [1.29, 1.82) is 0 Å². The van der Waals surface area contributed by atoms with Crippen LogP contribution in [-0.4, -0.2) is 58.9 Å². The highest BCUT2D eigenvalue weighted by molar-refractivity contribution is 7.99. The van der Waals surface area contributed by atoms with Crippen molar-refractivity contribution >= 4 is 29.4 Å². The lowest BCUT2D eigenvalue weighted by Crippen LogP contribution is -2.43. The van der Waals surface area contributed by atoms with Gasteiger partial charge in [0.1, 0.15) is 0 Å². The second-order valence-electron chi connectivity index (χ2n) is 8.62. The number of nitrogens with one attached hydrogen (secondary N) is 1. The molecule has 1 atom stereocenters. The predicted molar refractivity (Wildman–Crippen MR) is 121 cm³/mol. The van der Waals surface area contributed by atoms with Gasteiger partial charge >= 0.3 is 6.03 Å². The van der Waals surface area contributed by atoms with Gasteiger partial charge in [0.05, 0.1) is 6.42 Å². The van der Waals surface area contributed by atoms with Crippen molar-refractivity contribution in [3.05, 3.63) is 29.8 Å². The summed E-state index contributed by atoms with van der Waals surface area (Å²) in [5.41, 5.74) is 1.80. The first-order valence-corrected chi connectivity index (χ1v) is 12.2. The van der Waals surface area contributed by atoms with Crippen LogP contribution in [0.15, 0.2) is 24.3 Å². The second kappa shape index (κ2) is 10.9. The molecule has 29 heavy (non-hydrogen) atoms. The largest absolute Gasteiger partial charge is 0.341 e. The average molecular weight is 418 g/mol. The maximum Gasteiger partial charge on any atom is 0.322 e. The van der Waals surface area contributed by atoms with Gasteiger partial charge < -0.3 is 15.1 Å². The number of carbonyl (C=O) groups excluding carboxylic acids is 2. The molecule has 5 nitrogen and oxygen atoms in total. The van der Waals surface area contributed by atoms with E-state index in [0.717, 1.165) is 61.7 Å². The molecule has 0 saturated carbocycles. The van der Waals surface area contributed by atoms with Crippen molar-refractivity contribution < 1.29 is 9.59 Å². The third-order valence-electron chi connectivity index (χ3n) is 5.81. The maximum atomic E-state index is 12.9. The molecule has 0 radical (unpaired) electrons. The van der Waals surface area contributed by atoms with Crippen LogP contribution in [0.4, 0.5) is 10.5 Å². The van der Waals surface area contributed by atoms with Crippen LogP contribution in [0.5, 0.6) is 0 Å². The smallest absolute Gasteiger partial charge is 0.322 e. The summed E-state index contributed by atoms with van der Waals surface area (Å²) in [6.07, 6.45) is 6.08. The SMILES string of the molecule is CC(C)CC1CCCCCN1C(=O)Nc1ccc(CC(=O)N2CCSCC2)cc1. The number of carbonyl (C=O) groups is 2. The Morgan fingerprint density at radius 1 is 1.07 bits per heavy atom. The Morgan fingerprint density at radius 2 is 1.79 bits per heavy atom. The number of urea groups is 1. The number of hydrogen-bond donors (Lipinski definition) is 1. The molecule has 2 aliphatic rings. The Hall–Kier alpha value is -1.69. The molecule has 3 rings (SSSR count). The third kappa shape index (κ3) is 6.66. The van der Waals surface area contributed by atoms with Crippen LogP contribution in [0, 0.1) is 5.92 Å². The zero-order chi connectivity index (χ0) is 20.6. The van der Waals surface area contributed by atoms with Crippen molar-refractivity contribution in [3.8, 4) is 0 Å². The predicted octanol–water partition coefficient (Wildman–Crippen LogP) is 4.63. The number of amides is 3. The van der Waals surface area contributed by atoms with Gasteiger partial charge in [0, 0.05) is 42.9 Å². The molecule has 160 valence electrons. The highest BCUT2D eigenvalue weighted by Gasteiger charge is 2.26. The van der Waals surface area contributed by atoms with E-state index in [2.05, 4.69) is 19.2 Å². The van der Waals surface area contributed by atoms with Crippen molar-refractivity contribution in [1.82, 2.24) is 9.80 Å². The molecule has 0 bridgehead atoms. The zero-order valence-electron chi connectivity index (χ0n) is 17.9. The molecule has 2 heterocycles. The molecule has 3 amide bonds. The van der Waals surface area contributed by atoms with Crippen LogP contribution in [0.2, 0.25) is 0 Å². The summed E-state index contributed by atoms with van der Waals surface area (Å²) in [5.74, 6) is 2.85. The fraction of sp³-hybridized carbons (Fsp3) is 0.652. The molecule has 2 saturated heterocycles. The minimum absolute atomic E-state index is 0.00666. The summed E-state index contributed by atoms with van der Waals surface area (Å²) >= 11 is 1.91. The fourth-order valence-electron chi connectivity index (χ4n) is 4.23. The van der Waals surface area contributed by atoms with Crippen molar-refractivity contribution in [2.24, 2.45) is 5.92 Å². The van der Waals surface area contributed by atoms with Gasteiger partial charge in [-0.3, -0.25) is 4.79 Å². The Kier molecular flexibility index (Phi) is 8.28. The van der Waals surface area contributed by atoms with Crippen molar-refractivity contribution in [2.45, 2.75) is 58.4 Å². The second-order valence-corrected chi connectivity index (χ2v) is 9.85. The first kappa shape index (κ1) is 22.0. The first-order chi connectivity index (χ1) is 14.0. The Balaban J connectivity index is 1.56. The Morgan fingerprint density at radius 3 is 2.48 bits per heavy atom. The molecule has 1 unspecified atom stereocenters. The molecular formula is C23H35N3O2S. The average Bonchev–Trinajstić information content (AvgIpc) is 2.95. The van der Waals surface area contributed by atoms with Gasteiger partial charge in [-0.25, -0.2) is 4.79 Å². The molecular weight excluding hydrogens is 382 g/mol. The van der Waals surface area contributed by atoms with Gasteiger partial charge in [-0.1, -0.05) is 38.8 Å². The number of likely N-dealkylation sites (tertiary alicyclic amines) is 1. The highest BCUT2D eigenvalue weighted by Crippen LogP contribution is 2.23. The van der Waals surface area contributed by atoms with Crippen LogP contribution >= 0.6 is 11.8 Å². The fourth-order valence-corrected chi connectivity index (χ4v) is 5.14. The van der Waals surface area contributed by atoms with E-state index in [0.29, 0.717) is 18.4 Å². The Labute approximate surface area is 179 Å². The van der Waals surface area contributed by atoms with Gasteiger partial charge in [0.2, 0.25) is 5.91 Å². The van der Waals surface area contributed by atoms with E-state index in [4.69, 9.17) is 0 Å². The lowest BCUT2D eigenvalue weighted by molar-refractivity contribution is -0.130. The minimum Gasteiger partial charge on any atom is -0.341 e. The maximum absolute atomic E-state index is 12.9. The van der Waals surface area contributed by atoms with E-state index in [9.17, 15) is 9.59 Å². The summed E-state index contributed by atoms with van der Waals surface area (Å²) < 4.78 is 0. The summed E-state index contributed by atoms with van der Waals surface area (Å²) in [6.45, 7) is 6.99. The lowest BCUT2D eigenvalue weighted by atomic mass is 9.99. The van der Waals surface area contributed by atoms with E-state index >= 15 is 0 Å². The van der Waals surface area contributed by atoms with Crippen LogP contribution in [0.1, 0.15) is 51.5 Å². The van der Waals surface area contributed by atoms with Gasteiger partial charge in [0.25, 0.3) is 0 Å². The van der Waals surface area contributed by atoms with E-state index in [1.807, 2.05) is 45.8 Å². The van der Waals surface area contributed by atoms with Crippen LogP contribution in [-0.2, 0) is 11.2 Å². The lowest BCUT2D eigenvalue weighted by Gasteiger charge is -2.31. The number of rotatable bonds is 5. The van der Waals surface area contributed by atoms with Crippen molar-refractivity contribution in [2.75, 3.05) is 36.5 Å². The monoisotopic (exact) mass is 417 g/mol. The number of nitrogens with zero attached hydrogens (tertiary/aromatic N) is 2. The van der Waals surface area contributed by atoms with E-state index in [1.54, 1.807) is 0 Å².